The van der Waals surface area contributed by atoms with Crippen molar-refractivity contribution < 1.29 is 19.1 Å². The number of ether oxygens (including phenoxy) is 1. The van der Waals surface area contributed by atoms with E-state index in [0.29, 0.717) is 49.9 Å². The van der Waals surface area contributed by atoms with Gasteiger partial charge in [0.1, 0.15) is 11.5 Å². The molecule has 0 spiro atoms. The zero-order chi connectivity index (χ0) is 20.8. The van der Waals surface area contributed by atoms with Crippen molar-refractivity contribution in [1.29, 1.82) is 0 Å². The normalized spacial score (nSPS) is 13.7. The summed E-state index contributed by atoms with van der Waals surface area (Å²) in [5.41, 5.74) is 1.21. The lowest BCUT2D eigenvalue weighted by atomic mass is 10.1. The Bertz CT molecular complexity index is 892. The average molecular weight is 397 g/mol. The van der Waals surface area contributed by atoms with Crippen molar-refractivity contribution in [1.82, 2.24) is 14.9 Å². The van der Waals surface area contributed by atoms with Crippen LogP contribution in [0.25, 0.3) is 0 Å². The zero-order valence-corrected chi connectivity index (χ0v) is 16.4. The lowest BCUT2D eigenvalue weighted by Crippen LogP contribution is -2.49. The molecule has 1 aliphatic heterocycles. The summed E-state index contributed by atoms with van der Waals surface area (Å²) in [6, 6.07) is 6.71. The highest BCUT2D eigenvalue weighted by Gasteiger charge is 2.23. The predicted molar refractivity (Wildman–Crippen MR) is 107 cm³/mol. The molecule has 0 atom stereocenters. The smallest absolute Gasteiger partial charge is 0.409 e. The second-order valence-electron chi connectivity index (χ2n) is 6.52. The Morgan fingerprint density at radius 3 is 2.48 bits per heavy atom. The van der Waals surface area contributed by atoms with E-state index in [1.165, 1.54) is 13.1 Å². The molecule has 0 unspecified atom stereocenters. The van der Waals surface area contributed by atoms with Crippen molar-refractivity contribution in [3.05, 3.63) is 47.9 Å². The number of rotatable bonds is 5. The maximum atomic E-state index is 12.4. The number of hydrogen-bond donors (Lipinski definition) is 1. The summed E-state index contributed by atoms with van der Waals surface area (Å²) >= 11 is 0. The maximum Gasteiger partial charge on any atom is 0.409 e. The van der Waals surface area contributed by atoms with E-state index < -0.39 is 5.91 Å². The highest BCUT2D eigenvalue weighted by molar-refractivity contribution is 6.03. The summed E-state index contributed by atoms with van der Waals surface area (Å²) in [7, 11) is 0. The molecule has 1 aromatic carbocycles. The van der Waals surface area contributed by atoms with Gasteiger partial charge in [-0.2, -0.15) is 0 Å². The number of ketones is 1. The monoisotopic (exact) mass is 397 g/mol. The number of amides is 2. The molecule has 9 heteroatoms. The van der Waals surface area contributed by atoms with Crippen LogP contribution in [0.2, 0.25) is 0 Å². The van der Waals surface area contributed by atoms with Crippen molar-refractivity contribution >= 4 is 29.3 Å². The fourth-order valence-electron chi connectivity index (χ4n) is 2.95. The van der Waals surface area contributed by atoms with Crippen LogP contribution in [-0.2, 0) is 4.74 Å². The van der Waals surface area contributed by atoms with Gasteiger partial charge in [0.05, 0.1) is 19.0 Å². The molecule has 1 aromatic heterocycles. The third-order valence-corrected chi connectivity index (χ3v) is 4.53. The van der Waals surface area contributed by atoms with Crippen molar-refractivity contribution in [2.45, 2.75) is 13.8 Å². The quantitative estimate of drug-likeness (QED) is 0.771. The Morgan fingerprint density at radius 1 is 1.10 bits per heavy atom. The van der Waals surface area contributed by atoms with Gasteiger partial charge in [0, 0.05) is 37.4 Å². The Hall–Kier alpha value is -3.49. The van der Waals surface area contributed by atoms with E-state index in [-0.39, 0.29) is 17.6 Å². The molecule has 2 aromatic rings. The van der Waals surface area contributed by atoms with Crippen LogP contribution in [0.5, 0.6) is 0 Å². The molecular formula is C20H23N5O4. The summed E-state index contributed by atoms with van der Waals surface area (Å²) < 4.78 is 5.01. The number of hydrogen-bond acceptors (Lipinski definition) is 7. The van der Waals surface area contributed by atoms with Crippen molar-refractivity contribution in [3.8, 4) is 0 Å². The van der Waals surface area contributed by atoms with Crippen LogP contribution in [0.4, 0.5) is 16.3 Å². The first-order valence-electron chi connectivity index (χ1n) is 9.39. The van der Waals surface area contributed by atoms with Crippen LogP contribution in [0.1, 0.15) is 34.7 Å². The molecule has 1 N–H and O–H groups in total. The minimum atomic E-state index is -0.406. The number of nitrogens with one attached hydrogen (secondary N) is 1. The highest BCUT2D eigenvalue weighted by atomic mass is 16.6. The van der Waals surface area contributed by atoms with E-state index in [2.05, 4.69) is 15.3 Å². The Morgan fingerprint density at radius 2 is 1.86 bits per heavy atom. The number of carbonyl (C=O) groups is 3. The van der Waals surface area contributed by atoms with Gasteiger partial charge in [-0.1, -0.05) is 12.1 Å². The largest absolute Gasteiger partial charge is 0.450 e. The lowest BCUT2D eigenvalue weighted by Gasteiger charge is -2.34. The first-order chi connectivity index (χ1) is 14.0. The van der Waals surface area contributed by atoms with Gasteiger partial charge in [0.15, 0.2) is 5.78 Å². The molecule has 2 heterocycles. The summed E-state index contributed by atoms with van der Waals surface area (Å²) in [5.74, 6) is 0.161. The summed E-state index contributed by atoms with van der Waals surface area (Å²) in [6.45, 7) is 5.89. The number of nitrogens with zero attached hydrogens (tertiary/aromatic N) is 4. The number of piperazine rings is 1. The second-order valence-corrected chi connectivity index (χ2v) is 6.52. The Balaban J connectivity index is 1.59. The van der Waals surface area contributed by atoms with Gasteiger partial charge in [0.25, 0.3) is 5.91 Å². The SMILES string of the molecule is CCOC(=O)N1CCN(c2cnc(C(=O)Nc3cccc(C(C)=O)c3)cn2)CC1. The molecule has 1 saturated heterocycles. The number of Topliss-reactive ketones (excluding diaryl/α,β-unsaturated/α-hetero) is 1. The first kappa shape index (κ1) is 20.2. The Kier molecular flexibility index (Phi) is 6.38. The molecule has 3 rings (SSSR count). The van der Waals surface area contributed by atoms with Crippen LogP contribution in [0, 0.1) is 0 Å². The van der Waals surface area contributed by atoms with E-state index in [1.807, 2.05) is 4.90 Å². The molecule has 2 amide bonds. The lowest BCUT2D eigenvalue weighted by molar-refractivity contribution is 0.100. The zero-order valence-electron chi connectivity index (χ0n) is 16.4. The van der Waals surface area contributed by atoms with Crippen LogP contribution in [0.3, 0.4) is 0 Å². The Labute approximate surface area is 168 Å². The number of aromatic nitrogens is 2. The third kappa shape index (κ3) is 5.07. The summed E-state index contributed by atoms with van der Waals surface area (Å²) in [4.78, 5) is 47.8. The molecule has 29 heavy (non-hydrogen) atoms. The van der Waals surface area contributed by atoms with Gasteiger partial charge in [0.2, 0.25) is 0 Å². The number of carbonyl (C=O) groups excluding carboxylic acids is 3. The van der Waals surface area contributed by atoms with Crippen molar-refractivity contribution in [2.24, 2.45) is 0 Å². The van der Waals surface area contributed by atoms with Crippen molar-refractivity contribution in [2.75, 3.05) is 43.0 Å². The van der Waals surface area contributed by atoms with Crippen LogP contribution in [0.15, 0.2) is 36.7 Å². The van der Waals surface area contributed by atoms with Gasteiger partial charge in [-0.3, -0.25) is 9.59 Å². The highest BCUT2D eigenvalue weighted by Crippen LogP contribution is 2.15. The molecule has 1 fully saturated rings. The number of benzene rings is 1. The van der Waals surface area contributed by atoms with Gasteiger partial charge in [-0.15, -0.1) is 0 Å². The van der Waals surface area contributed by atoms with Crippen LogP contribution in [-0.4, -0.2) is 65.4 Å². The van der Waals surface area contributed by atoms with Crippen molar-refractivity contribution in [3.63, 3.8) is 0 Å². The first-order valence-corrected chi connectivity index (χ1v) is 9.39. The topological polar surface area (TPSA) is 105 Å². The molecule has 9 nitrogen and oxygen atoms in total. The van der Waals surface area contributed by atoms with Crippen LogP contribution >= 0.6 is 0 Å². The van der Waals surface area contributed by atoms with Gasteiger partial charge in [-0.25, -0.2) is 14.8 Å². The molecule has 0 bridgehead atoms. The summed E-state index contributed by atoms with van der Waals surface area (Å²) in [6.07, 6.45) is 2.65. The number of anilines is 2. The second kappa shape index (κ2) is 9.13. The fraction of sp³-hybridized carbons (Fsp3) is 0.350. The average Bonchev–Trinajstić information content (AvgIpc) is 2.74. The van der Waals surface area contributed by atoms with E-state index in [0.717, 1.165) is 0 Å². The molecule has 1 aliphatic rings. The standard InChI is InChI=1S/C20H23N5O4/c1-3-29-20(28)25-9-7-24(8-10-25)18-13-21-17(12-22-18)19(27)23-16-6-4-5-15(11-16)14(2)26/h4-6,11-13H,3,7-10H2,1-2H3,(H,23,27). The van der Waals surface area contributed by atoms with E-state index in [9.17, 15) is 14.4 Å². The minimum Gasteiger partial charge on any atom is -0.450 e. The molecule has 0 radical (unpaired) electrons. The predicted octanol–water partition coefficient (Wildman–Crippen LogP) is 2.21. The minimum absolute atomic E-state index is 0.0757. The van der Waals surface area contributed by atoms with E-state index in [4.69, 9.17) is 4.74 Å². The van der Waals surface area contributed by atoms with Gasteiger partial charge >= 0.3 is 6.09 Å². The van der Waals surface area contributed by atoms with Gasteiger partial charge < -0.3 is 19.9 Å². The summed E-state index contributed by atoms with van der Waals surface area (Å²) in [5, 5.41) is 2.72. The van der Waals surface area contributed by atoms with E-state index >= 15 is 0 Å². The molecule has 0 saturated carbocycles. The van der Waals surface area contributed by atoms with Crippen LogP contribution < -0.4 is 10.2 Å². The van der Waals surface area contributed by atoms with E-state index in [1.54, 1.807) is 42.3 Å². The maximum absolute atomic E-state index is 12.4. The molecule has 152 valence electrons. The fourth-order valence-corrected chi connectivity index (χ4v) is 2.95. The third-order valence-electron chi connectivity index (χ3n) is 4.53. The van der Waals surface area contributed by atoms with Gasteiger partial charge in [-0.05, 0) is 26.0 Å². The molecular weight excluding hydrogens is 374 g/mol. The molecule has 0 aliphatic carbocycles.